The van der Waals surface area contributed by atoms with Gasteiger partial charge in [-0.05, 0) is 72.8 Å². The Kier molecular flexibility index (Phi) is 15.5. The fourth-order valence-corrected chi connectivity index (χ4v) is 4.62. The summed E-state index contributed by atoms with van der Waals surface area (Å²) in [4.78, 5) is 0. The van der Waals surface area contributed by atoms with Crippen LogP contribution in [0.25, 0.3) is 0 Å². The molecular formula is C48H36N4. The van der Waals surface area contributed by atoms with E-state index in [0.717, 1.165) is 44.5 Å². The molecule has 0 unspecified atom stereocenters. The highest BCUT2D eigenvalue weighted by Gasteiger charge is 1.93. The molecule has 0 amide bonds. The van der Waals surface area contributed by atoms with E-state index < -0.39 is 0 Å². The molecule has 0 fully saturated rings. The van der Waals surface area contributed by atoms with E-state index in [0.29, 0.717) is 52.4 Å². The molecule has 0 spiro atoms. The van der Waals surface area contributed by atoms with Crippen LogP contribution in [0.4, 0.5) is 0 Å². The van der Waals surface area contributed by atoms with E-state index in [1.54, 1.807) is 0 Å². The van der Waals surface area contributed by atoms with Crippen molar-refractivity contribution in [1.82, 2.24) is 21.3 Å². The van der Waals surface area contributed by atoms with Crippen molar-refractivity contribution in [3.05, 3.63) is 142 Å². The van der Waals surface area contributed by atoms with Crippen LogP contribution in [-0.2, 0) is 0 Å². The summed E-state index contributed by atoms with van der Waals surface area (Å²) in [6, 6.07) is 31.8. The van der Waals surface area contributed by atoms with Gasteiger partial charge in [0, 0.05) is 44.5 Å². The van der Waals surface area contributed by atoms with Crippen LogP contribution in [0.3, 0.4) is 0 Å². The molecule has 5 rings (SSSR count). The average Bonchev–Trinajstić information content (AvgIpc) is 3.17. The highest BCUT2D eigenvalue weighted by molar-refractivity contribution is 5.47. The third-order valence-corrected chi connectivity index (χ3v) is 7.02. The molecule has 0 aliphatic carbocycles. The van der Waals surface area contributed by atoms with Crippen molar-refractivity contribution < 1.29 is 0 Å². The maximum Gasteiger partial charge on any atom is 0.0587 e. The molecule has 4 N–H and O–H groups in total. The second-order valence-electron chi connectivity index (χ2n) is 11.2. The predicted octanol–water partition coefficient (Wildman–Crippen LogP) is 3.97. The van der Waals surface area contributed by atoms with Gasteiger partial charge in [-0.15, -0.1) is 0 Å². The van der Waals surface area contributed by atoms with Gasteiger partial charge in [0.2, 0.25) is 0 Å². The number of benzene rings is 4. The smallest absolute Gasteiger partial charge is 0.0587 e. The fourth-order valence-electron chi connectivity index (χ4n) is 4.62. The monoisotopic (exact) mass is 668 g/mol. The lowest BCUT2D eigenvalue weighted by Gasteiger charge is -1.95. The molecule has 4 heteroatoms. The molecule has 4 nitrogen and oxygen atoms in total. The summed E-state index contributed by atoms with van der Waals surface area (Å²) in [5, 5.41) is 13.0. The molecule has 0 radical (unpaired) electrons. The minimum absolute atomic E-state index is 0.536. The number of hydrogen-bond acceptors (Lipinski definition) is 4. The van der Waals surface area contributed by atoms with E-state index in [9.17, 15) is 0 Å². The lowest BCUT2D eigenvalue weighted by Crippen LogP contribution is -2.13. The van der Waals surface area contributed by atoms with Crippen LogP contribution in [0.5, 0.6) is 0 Å². The van der Waals surface area contributed by atoms with Crippen molar-refractivity contribution in [2.24, 2.45) is 0 Å². The molecule has 0 aromatic heterocycles. The molecule has 0 saturated carbocycles. The van der Waals surface area contributed by atoms with Gasteiger partial charge < -0.3 is 0 Å². The Morgan fingerprint density at radius 1 is 0.250 bits per heavy atom. The van der Waals surface area contributed by atoms with Crippen molar-refractivity contribution in [1.29, 1.82) is 0 Å². The highest BCUT2D eigenvalue weighted by Crippen LogP contribution is 2.05. The van der Waals surface area contributed by atoms with Crippen molar-refractivity contribution in [3.63, 3.8) is 0 Å². The van der Waals surface area contributed by atoms with Crippen molar-refractivity contribution in [2.45, 2.75) is 0 Å². The third-order valence-electron chi connectivity index (χ3n) is 7.02. The lowest BCUT2D eigenvalue weighted by atomic mass is 10.1. The van der Waals surface area contributed by atoms with Crippen LogP contribution >= 0.6 is 0 Å². The Morgan fingerprint density at radius 3 is 0.558 bits per heavy atom. The molecule has 8 bridgehead atoms. The summed E-state index contributed by atoms with van der Waals surface area (Å²) < 4.78 is 0. The molecule has 1 aliphatic heterocycles. The second-order valence-corrected chi connectivity index (χ2v) is 11.2. The van der Waals surface area contributed by atoms with E-state index in [2.05, 4.69) is 116 Å². The van der Waals surface area contributed by atoms with Crippen molar-refractivity contribution in [2.75, 3.05) is 52.4 Å². The van der Waals surface area contributed by atoms with Gasteiger partial charge in [-0.3, -0.25) is 21.3 Å². The zero-order valence-corrected chi connectivity index (χ0v) is 28.9. The van der Waals surface area contributed by atoms with Gasteiger partial charge in [0.25, 0.3) is 0 Å². The summed E-state index contributed by atoms with van der Waals surface area (Å²) in [6.45, 7) is 4.29. The molecule has 0 atom stereocenters. The van der Waals surface area contributed by atoms with Gasteiger partial charge in [-0.1, -0.05) is 119 Å². The van der Waals surface area contributed by atoms with E-state index in [1.807, 2.05) is 97.1 Å². The average molecular weight is 669 g/mol. The second kappa shape index (κ2) is 22.0. The van der Waals surface area contributed by atoms with Crippen LogP contribution in [0.2, 0.25) is 0 Å². The molecule has 4 aromatic carbocycles. The Labute approximate surface area is 309 Å². The summed E-state index contributed by atoms with van der Waals surface area (Å²) in [7, 11) is 0. The zero-order valence-electron chi connectivity index (χ0n) is 28.9. The van der Waals surface area contributed by atoms with Crippen LogP contribution in [0.1, 0.15) is 44.5 Å². The molecule has 1 heterocycles. The Hall–Kier alpha value is -6.80. The quantitative estimate of drug-likeness (QED) is 0.215. The van der Waals surface area contributed by atoms with Crippen LogP contribution in [0.15, 0.2) is 97.1 Å². The van der Waals surface area contributed by atoms with Gasteiger partial charge in [0.05, 0.1) is 52.4 Å². The first kappa shape index (κ1) is 36.5. The molecular weight excluding hydrogens is 633 g/mol. The SMILES string of the molecule is C1#Cc2cccc(c2)C#CCNCC#Cc2cccc(c2)C#CCNCC#Cc2cccc(c2)C#CCNCC#Cc2cccc(c2)C#CCNC1. The lowest BCUT2D eigenvalue weighted by molar-refractivity contribution is 0.871. The topological polar surface area (TPSA) is 48.1 Å². The van der Waals surface area contributed by atoms with E-state index in [-0.39, 0.29) is 0 Å². The van der Waals surface area contributed by atoms with Gasteiger partial charge in [0.1, 0.15) is 0 Å². The maximum atomic E-state index is 3.26. The van der Waals surface area contributed by atoms with Crippen molar-refractivity contribution >= 4 is 0 Å². The molecule has 4 aromatic rings. The Balaban J connectivity index is 1.21. The highest BCUT2D eigenvalue weighted by atomic mass is 14.8. The third kappa shape index (κ3) is 14.4. The number of hydrogen-bond donors (Lipinski definition) is 4. The first-order valence-corrected chi connectivity index (χ1v) is 16.9. The normalized spacial score (nSPS) is 13.2. The first-order valence-electron chi connectivity index (χ1n) is 16.9. The molecule has 248 valence electrons. The van der Waals surface area contributed by atoms with Crippen LogP contribution in [0, 0.1) is 94.7 Å². The van der Waals surface area contributed by atoms with Crippen LogP contribution in [-0.4, -0.2) is 52.4 Å². The number of rotatable bonds is 0. The Bertz CT molecular complexity index is 1890. The molecule has 0 saturated heterocycles. The minimum atomic E-state index is 0.536. The summed E-state index contributed by atoms with van der Waals surface area (Å²) in [5.41, 5.74) is 7.39. The molecule has 52 heavy (non-hydrogen) atoms. The summed E-state index contributed by atoms with van der Waals surface area (Å²) in [6.07, 6.45) is 0. The van der Waals surface area contributed by atoms with Crippen molar-refractivity contribution in [3.8, 4) is 94.7 Å². The predicted molar refractivity (Wildman–Crippen MR) is 212 cm³/mol. The van der Waals surface area contributed by atoms with Gasteiger partial charge in [0.15, 0.2) is 0 Å². The fraction of sp³-hybridized carbons (Fsp3) is 0.167. The Morgan fingerprint density at radius 2 is 0.404 bits per heavy atom. The number of fused-ring (bicyclic) bond motifs is 8. The van der Waals surface area contributed by atoms with Gasteiger partial charge in [-0.2, -0.15) is 0 Å². The van der Waals surface area contributed by atoms with E-state index >= 15 is 0 Å². The zero-order chi connectivity index (χ0) is 35.7. The standard InChI is InChI=1S/C48H36N4/c1-13-41-21-5-29-49-31-7-23-43-15-2-17-45(38-43)25-9-33-51-35-11-27-47-19-4-20-48(40-47)28-12-36-52-34-10-26-46-18-3-16-44(39-46)24-8-32-50-30-6-22-42(14-1)37-41/h1-4,13-20,37-40,49-52H,29-36H2. The largest absolute Gasteiger partial charge is 0.295 e. The molecule has 1 aliphatic rings. The van der Waals surface area contributed by atoms with E-state index in [1.165, 1.54) is 0 Å². The van der Waals surface area contributed by atoms with Crippen LogP contribution < -0.4 is 21.3 Å². The van der Waals surface area contributed by atoms with Gasteiger partial charge in [-0.25, -0.2) is 0 Å². The maximum absolute atomic E-state index is 3.26. The summed E-state index contributed by atoms with van der Waals surface area (Å²) >= 11 is 0. The minimum Gasteiger partial charge on any atom is -0.295 e. The van der Waals surface area contributed by atoms with Gasteiger partial charge >= 0.3 is 0 Å². The number of nitrogens with one attached hydrogen (secondary N) is 4. The summed E-state index contributed by atoms with van der Waals surface area (Å²) in [5.74, 6) is 50.9. The first-order chi connectivity index (χ1) is 25.8. The van der Waals surface area contributed by atoms with E-state index in [4.69, 9.17) is 0 Å².